The summed E-state index contributed by atoms with van der Waals surface area (Å²) in [6.07, 6.45) is -1.17. The van der Waals surface area contributed by atoms with Crippen molar-refractivity contribution in [3.63, 3.8) is 0 Å². The maximum atomic E-state index is 13.5. The molecule has 7 heteroatoms. The molecule has 0 amide bonds. The lowest BCUT2D eigenvalue weighted by Gasteiger charge is -2.39. The van der Waals surface area contributed by atoms with Crippen LogP contribution in [0.5, 0.6) is 5.75 Å². The van der Waals surface area contributed by atoms with Gasteiger partial charge in [-0.1, -0.05) is 42.5 Å². The molecule has 2 aliphatic heterocycles. The van der Waals surface area contributed by atoms with Crippen LogP contribution in [0.1, 0.15) is 22.8 Å². The third-order valence-corrected chi connectivity index (χ3v) is 5.86. The van der Waals surface area contributed by atoms with Crippen LogP contribution in [0, 0.1) is 11.3 Å². The fraction of sp³-hybridized carbons (Fsp3) is 0.318. The molecule has 2 aliphatic rings. The SMILES string of the molecule is COC(=O)C1(C(=O)OC)[C@H]2C(=O)c3ccccc3O[C@@H]2O[C@]1(C)c1ccccc1. The van der Waals surface area contributed by atoms with Gasteiger partial charge in [-0.05, 0) is 24.6 Å². The summed E-state index contributed by atoms with van der Waals surface area (Å²) in [6, 6.07) is 15.4. The Balaban J connectivity index is 2.01. The van der Waals surface area contributed by atoms with E-state index in [2.05, 4.69) is 0 Å². The van der Waals surface area contributed by atoms with E-state index >= 15 is 0 Å². The summed E-state index contributed by atoms with van der Waals surface area (Å²) in [5.74, 6) is -3.21. The molecule has 0 aromatic heterocycles. The van der Waals surface area contributed by atoms with E-state index in [1.165, 1.54) is 0 Å². The predicted molar refractivity (Wildman–Crippen MR) is 100 cm³/mol. The van der Waals surface area contributed by atoms with Crippen molar-refractivity contribution < 1.29 is 33.3 Å². The van der Waals surface area contributed by atoms with Crippen molar-refractivity contribution in [2.45, 2.75) is 18.8 Å². The molecule has 0 unspecified atom stereocenters. The van der Waals surface area contributed by atoms with E-state index < -0.39 is 40.9 Å². The van der Waals surface area contributed by atoms with Crippen LogP contribution < -0.4 is 4.74 Å². The van der Waals surface area contributed by atoms with Gasteiger partial charge in [0.1, 0.15) is 17.3 Å². The van der Waals surface area contributed by atoms with E-state index in [-0.39, 0.29) is 5.56 Å². The minimum absolute atomic E-state index is 0.270. The standard InChI is InChI=1S/C22H20O7/c1-21(13-9-5-4-6-10-13)22(19(24)26-2,20(25)27-3)16-17(23)14-11-7-8-12-15(14)28-18(16)29-21/h4-12,16,18H,1-3H3/t16-,18+,21+/m0/s1. The predicted octanol–water partition coefficient (Wildman–Crippen LogP) is 2.48. The fourth-order valence-corrected chi connectivity index (χ4v) is 4.47. The highest BCUT2D eigenvalue weighted by Gasteiger charge is 2.77. The number of esters is 2. The number of rotatable bonds is 3. The Morgan fingerprint density at radius 3 is 2.14 bits per heavy atom. The summed E-state index contributed by atoms with van der Waals surface area (Å²) in [6.45, 7) is 1.58. The van der Waals surface area contributed by atoms with E-state index in [1.807, 2.05) is 0 Å². The van der Waals surface area contributed by atoms with Gasteiger partial charge in [0.05, 0.1) is 19.8 Å². The fourth-order valence-electron chi connectivity index (χ4n) is 4.47. The molecule has 0 radical (unpaired) electrons. The molecule has 1 fully saturated rings. The van der Waals surface area contributed by atoms with Crippen molar-refractivity contribution in [3.05, 3.63) is 65.7 Å². The number of carbonyl (C=O) groups is 3. The Bertz CT molecular complexity index is 968. The summed E-state index contributed by atoms with van der Waals surface area (Å²) < 4.78 is 22.2. The first-order valence-corrected chi connectivity index (χ1v) is 9.12. The molecule has 7 nitrogen and oxygen atoms in total. The van der Waals surface area contributed by atoms with E-state index in [0.29, 0.717) is 11.3 Å². The number of para-hydroxylation sites is 1. The summed E-state index contributed by atoms with van der Waals surface area (Å²) in [5, 5.41) is 0. The molecule has 3 atom stereocenters. The first-order chi connectivity index (χ1) is 13.9. The highest BCUT2D eigenvalue weighted by molar-refractivity contribution is 6.12. The number of fused-ring (bicyclic) bond motifs is 2. The molecular formula is C22H20O7. The first kappa shape index (κ1) is 19.1. The Labute approximate surface area is 167 Å². The number of hydrogen-bond acceptors (Lipinski definition) is 7. The number of Topliss-reactive ketones (excluding diaryl/α,β-unsaturated/α-hetero) is 1. The van der Waals surface area contributed by atoms with Crippen molar-refractivity contribution in [3.8, 4) is 5.75 Å². The van der Waals surface area contributed by atoms with Crippen molar-refractivity contribution in [2.75, 3.05) is 14.2 Å². The minimum atomic E-state index is -2.09. The zero-order valence-corrected chi connectivity index (χ0v) is 16.2. The zero-order chi connectivity index (χ0) is 20.8. The first-order valence-electron chi connectivity index (χ1n) is 9.12. The molecule has 0 aliphatic carbocycles. The molecule has 2 aromatic carbocycles. The van der Waals surface area contributed by atoms with Gasteiger partial charge in [0.25, 0.3) is 0 Å². The molecule has 2 heterocycles. The second-order valence-corrected chi connectivity index (χ2v) is 7.13. The Kier molecular flexibility index (Phi) is 4.42. The van der Waals surface area contributed by atoms with Crippen LogP contribution >= 0.6 is 0 Å². The number of benzene rings is 2. The second-order valence-electron chi connectivity index (χ2n) is 7.13. The van der Waals surface area contributed by atoms with E-state index in [4.69, 9.17) is 18.9 Å². The van der Waals surface area contributed by atoms with Crippen LogP contribution in [-0.4, -0.2) is 38.2 Å². The van der Waals surface area contributed by atoms with Gasteiger partial charge < -0.3 is 18.9 Å². The quantitative estimate of drug-likeness (QED) is 0.582. The van der Waals surface area contributed by atoms with Gasteiger partial charge in [-0.3, -0.25) is 14.4 Å². The van der Waals surface area contributed by atoms with Gasteiger partial charge in [0.2, 0.25) is 11.7 Å². The molecule has 29 heavy (non-hydrogen) atoms. The largest absolute Gasteiger partial charge is 0.468 e. The van der Waals surface area contributed by atoms with Gasteiger partial charge in [0, 0.05) is 0 Å². The average molecular weight is 396 g/mol. The van der Waals surface area contributed by atoms with Crippen molar-refractivity contribution in [1.82, 2.24) is 0 Å². The Hall–Kier alpha value is -3.19. The molecule has 2 aromatic rings. The molecule has 0 N–H and O–H groups in total. The van der Waals surface area contributed by atoms with Crippen LogP contribution in [-0.2, 0) is 29.4 Å². The van der Waals surface area contributed by atoms with Crippen LogP contribution in [0.15, 0.2) is 54.6 Å². The lowest BCUT2D eigenvalue weighted by molar-refractivity contribution is -0.188. The average Bonchev–Trinajstić information content (AvgIpc) is 3.03. The highest BCUT2D eigenvalue weighted by Crippen LogP contribution is 2.60. The smallest absolute Gasteiger partial charge is 0.327 e. The minimum Gasteiger partial charge on any atom is -0.468 e. The Morgan fingerprint density at radius 2 is 1.52 bits per heavy atom. The van der Waals surface area contributed by atoms with Crippen molar-refractivity contribution in [1.29, 1.82) is 0 Å². The topological polar surface area (TPSA) is 88.1 Å². The van der Waals surface area contributed by atoms with Crippen LogP contribution in [0.25, 0.3) is 0 Å². The second kappa shape index (κ2) is 6.70. The molecule has 0 spiro atoms. The van der Waals surface area contributed by atoms with Crippen LogP contribution in [0.2, 0.25) is 0 Å². The number of hydrogen-bond donors (Lipinski definition) is 0. The van der Waals surface area contributed by atoms with Crippen molar-refractivity contribution >= 4 is 17.7 Å². The van der Waals surface area contributed by atoms with E-state index in [0.717, 1.165) is 14.2 Å². The van der Waals surface area contributed by atoms with Gasteiger partial charge in [-0.15, -0.1) is 0 Å². The highest BCUT2D eigenvalue weighted by atomic mass is 16.7. The molecule has 4 rings (SSSR count). The lowest BCUT2D eigenvalue weighted by Crippen LogP contribution is -2.58. The number of ketones is 1. The molecule has 0 saturated carbocycles. The molecule has 1 saturated heterocycles. The summed E-state index contributed by atoms with van der Waals surface area (Å²) in [4.78, 5) is 40.0. The van der Waals surface area contributed by atoms with E-state index in [1.54, 1.807) is 61.5 Å². The zero-order valence-electron chi connectivity index (χ0n) is 16.2. The van der Waals surface area contributed by atoms with Gasteiger partial charge >= 0.3 is 11.9 Å². The van der Waals surface area contributed by atoms with Crippen molar-refractivity contribution in [2.24, 2.45) is 11.3 Å². The summed E-state index contributed by atoms with van der Waals surface area (Å²) >= 11 is 0. The summed E-state index contributed by atoms with van der Waals surface area (Å²) in [7, 11) is 2.32. The maximum Gasteiger partial charge on any atom is 0.327 e. The van der Waals surface area contributed by atoms with Crippen LogP contribution in [0.3, 0.4) is 0 Å². The number of ether oxygens (including phenoxy) is 4. The monoisotopic (exact) mass is 396 g/mol. The van der Waals surface area contributed by atoms with E-state index in [9.17, 15) is 14.4 Å². The third-order valence-electron chi connectivity index (χ3n) is 5.86. The maximum absolute atomic E-state index is 13.5. The third kappa shape index (κ3) is 2.37. The van der Waals surface area contributed by atoms with Crippen LogP contribution in [0.4, 0.5) is 0 Å². The summed E-state index contributed by atoms with van der Waals surface area (Å²) in [5.41, 5.74) is -2.87. The molecular weight excluding hydrogens is 376 g/mol. The van der Waals surface area contributed by atoms with Gasteiger partial charge in [-0.25, -0.2) is 0 Å². The van der Waals surface area contributed by atoms with Gasteiger partial charge in [-0.2, -0.15) is 0 Å². The number of carbonyl (C=O) groups excluding carboxylic acids is 3. The molecule has 0 bridgehead atoms. The lowest BCUT2D eigenvalue weighted by atomic mass is 9.61. The van der Waals surface area contributed by atoms with Gasteiger partial charge in [0.15, 0.2) is 5.78 Å². The molecule has 150 valence electrons. The Morgan fingerprint density at radius 1 is 0.931 bits per heavy atom. The normalized spacial score (nSPS) is 26.7. The number of methoxy groups -OCH3 is 2.